The van der Waals surface area contributed by atoms with Crippen LogP contribution in [0.5, 0.6) is 0 Å². The first-order valence-corrected chi connectivity index (χ1v) is 8.83. The van der Waals surface area contributed by atoms with E-state index in [9.17, 15) is 4.79 Å². The van der Waals surface area contributed by atoms with Crippen LogP contribution in [0.15, 0.2) is 5.16 Å². The number of hydrogen-bond acceptors (Lipinski definition) is 6. The first-order chi connectivity index (χ1) is 11.3. The average molecular weight is 324 g/mol. The Morgan fingerprint density at radius 3 is 2.61 bits per heavy atom. The fourth-order valence-corrected chi connectivity index (χ4v) is 3.61. The van der Waals surface area contributed by atoms with Gasteiger partial charge in [0.15, 0.2) is 6.61 Å². The molecule has 3 rings (SSSR count). The number of rotatable bonds is 4. The summed E-state index contributed by atoms with van der Waals surface area (Å²) in [5.74, 6) is 0.994. The van der Waals surface area contributed by atoms with E-state index in [4.69, 9.17) is 15.3 Å². The number of nitrogens with zero attached hydrogens (tertiary/aromatic N) is 3. The topological polar surface area (TPSA) is 80.4 Å². The van der Waals surface area contributed by atoms with Crippen LogP contribution in [-0.4, -0.2) is 73.6 Å². The average Bonchev–Trinajstić information content (AvgIpc) is 2.62. The Morgan fingerprint density at radius 1 is 1.17 bits per heavy atom. The van der Waals surface area contributed by atoms with Gasteiger partial charge in [-0.3, -0.25) is 9.69 Å². The molecule has 7 nitrogen and oxygen atoms in total. The number of oxime groups is 1. The summed E-state index contributed by atoms with van der Waals surface area (Å²) in [6.45, 7) is 5.30. The second-order valence-electron chi connectivity index (χ2n) is 6.69. The quantitative estimate of drug-likeness (QED) is 0.809. The number of piperidine rings is 2. The molecule has 23 heavy (non-hydrogen) atoms. The van der Waals surface area contributed by atoms with Crippen molar-refractivity contribution in [3.63, 3.8) is 0 Å². The summed E-state index contributed by atoms with van der Waals surface area (Å²) in [4.78, 5) is 21.3. The summed E-state index contributed by atoms with van der Waals surface area (Å²) < 4.78 is 6.11. The van der Waals surface area contributed by atoms with Crippen LogP contribution < -0.4 is 5.73 Å². The van der Waals surface area contributed by atoms with Gasteiger partial charge in [-0.15, -0.1) is 0 Å². The monoisotopic (exact) mass is 324 g/mol. The van der Waals surface area contributed by atoms with Crippen molar-refractivity contribution >= 4 is 11.8 Å². The predicted molar refractivity (Wildman–Crippen MR) is 86.9 cm³/mol. The summed E-state index contributed by atoms with van der Waals surface area (Å²) in [6.07, 6.45) is 5.70. The molecule has 0 aliphatic carbocycles. The highest BCUT2D eigenvalue weighted by molar-refractivity contribution is 5.80. The molecule has 1 amide bonds. The maximum atomic E-state index is 11.6. The van der Waals surface area contributed by atoms with Gasteiger partial charge in [0.2, 0.25) is 11.8 Å². The van der Waals surface area contributed by atoms with Gasteiger partial charge in [-0.1, -0.05) is 11.6 Å². The normalized spacial score (nSPS) is 27.1. The smallest absolute Gasteiger partial charge is 0.236 e. The lowest BCUT2D eigenvalue weighted by Crippen LogP contribution is -2.46. The van der Waals surface area contributed by atoms with Crippen LogP contribution in [0.2, 0.25) is 0 Å². The maximum absolute atomic E-state index is 11.6. The van der Waals surface area contributed by atoms with Gasteiger partial charge in [0, 0.05) is 25.6 Å². The molecule has 0 aromatic rings. The van der Waals surface area contributed by atoms with Crippen LogP contribution in [-0.2, 0) is 14.4 Å². The molecule has 2 N–H and O–H groups in total. The zero-order chi connectivity index (χ0) is 16.1. The van der Waals surface area contributed by atoms with Crippen LogP contribution in [0.1, 0.15) is 32.1 Å². The van der Waals surface area contributed by atoms with Crippen LogP contribution in [0.3, 0.4) is 0 Å². The molecule has 2 fully saturated rings. The fraction of sp³-hybridized carbons (Fsp3) is 0.875. The van der Waals surface area contributed by atoms with E-state index >= 15 is 0 Å². The molecule has 0 unspecified atom stereocenters. The van der Waals surface area contributed by atoms with Crippen molar-refractivity contribution in [3.8, 4) is 0 Å². The molecular weight excluding hydrogens is 296 g/mol. The highest BCUT2D eigenvalue weighted by Crippen LogP contribution is 2.23. The number of amides is 1. The summed E-state index contributed by atoms with van der Waals surface area (Å²) in [5.41, 5.74) is 5.42. The zero-order valence-electron chi connectivity index (χ0n) is 13.8. The highest BCUT2D eigenvalue weighted by atomic mass is 16.7. The summed E-state index contributed by atoms with van der Waals surface area (Å²) in [5, 5.41) is 4.13. The van der Waals surface area contributed by atoms with Crippen molar-refractivity contribution in [3.05, 3.63) is 0 Å². The van der Waals surface area contributed by atoms with E-state index in [1.807, 2.05) is 4.90 Å². The summed E-state index contributed by atoms with van der Waals surface area (Å²) in [6, 6.07) is 0. The molecule has 0 aromatic carbocycles. The van der Waals surface area contributed by atoms with Crippen molar-refractivity contribution in [1.29, 1.82) is 0 Å². The van der Waals surface area contributed by atoms with Crippen LogP contribution in [0, 0.1) is 5.92 Å². The van der Waals surface area contributed by atoms with Crippen molar-refractivity contribution in [2.45, 2.75) is 38.2 Å². The van der Waals surface area contributed by atoms with Crippen molar-refractivity contribution in [2.24, 2.45) is 16.8 Å². The lowest BCUT2D eigenvalue weighted by molar-refractivity contribution is -0.130. The third-order valence-electron chi connectivity index (χ3n) is 4.98. The molecule has 3 aliphatic rings. The molecular formula is C16H28N4O3. The number of ether oxygens (including phenoxy) is 1. The van der Waals surface area contributed by atoms with Crippen molar-refractivity contribution in [2.75, 3.05) is 45.9 Å². The Labute approximate surface area is 137 Å². The lowest BCUT2D eigenvalue weighted by Gasteiger charge is -2.35. The maximum Gasteiger partial charge on any atom is 0.236 e. The van der Waals surface area contributed by atoms with Crippen LogP contribution in [0.4, 0.5) is 0 Å². The van der Waals surface area contributed by atoms with Gasteiger partial charge in [0.05, 0.1) is 6.54 Å². The first kappa shape index (κ1) is 16.5. The Balaban J connectivity index is 1.47. The molecule has 3 heterocycles. The minimum atomic E-state index is 0.0224. The standard InChI is InChI=1S/C16H28N4O3/c17-10-15(21)20-8-4-13(5-9-20)16-18-22-12-14(23-16)11-19-6-2-1-3-7-19/h13-14H,1-12,17H2/t14-/m1/s1. The van der Waals surface area contributed by atoms with Crippen LogP contribution >= 0.6 is 0 Å². The molecule has 7 heteroatoms. The van der Waals surface area contributed by atoms with E-state index in [1.165, 1.54) is 19.3 Å². The first-order valence-electron chi connectivity index (χ1n) is 8.83. The molecule has 1 atom stereocenters. The van der Waals surface area contributed by atoms with E-state index in [-0.39, 0.29) is 24.5 Å². The van der Waals surface area contributed by atoms with E-state index in [1.54, 1.807) is 0 Å². The molecule has 0 saturated carbocycles. The molecule has 0 spiro atoms. The molecule has 0 radical (unpaired) electrons. The SMILES string of the molecule is NCC(=O)N1CCC(C2=NOC[C@@H](CN3CCCCC3)O2)CC1. The van der Waals surface area contributed by atoms with Gasteiger partial charge in [-0.25, -0.2) is 0 Å². The molecule has 3 aliphatic heterocycles. The second-order valence-corrected chi connectivity index (χ2v) is 6.69. The molecule has 0 bridgehead atoms. The fourth-order valence-electron chi connectivity index (χ4n) is 3.61. The number of carbonyl (C=O) groups excluding carboxylic acids is 1. The Bertz CT molecular complexity index is 429. The number of hydrogen-bond donors (Lipinski definition) is 1. The number of carbonyl (C=O) groups is 1. The van der Waals surface area contributed by atoms with Gasteiger partial charge in [0.25, 0.3) is 0 Å². The summed E-state index contributed by atoms with van der Waals surface area (Å²) >= 11 is 0. The largest absolute Gasteiger partial charge is 0.470 e. The third kappa shape index (κ3) is 4.35. The van der Waals surface area contributed by atoms with Gasteiger partial charge in [0.1, 0.15) is 6.10 Å². The molecule has 0 aromatic heterocycles. The second kappa shape index (κ2) is 7.97. The van der Waals surface area contributed by atoms with E-state index in [0.717, 1.165) is 51.5 Å². The molecule has 130 valence electrons. The lowest BCUT2D eigenvalue weighted by atomic mass is 9.96. The van der Waals surface area contributed by atoms with E-state index in [0.29, 0.717) is 6.61 Å². The Morgan fingerprint density at radius 2 is 1.91 bits per heavy atom. The van der Waals surface area contributed by atoms with Gasteiger partial charge in [-0.05, 0) is 38.8 Å². The van der Waals surface area contributed by atoms with Crippen molar-refractivity contribution < 1.29 is 14.4 Å². The number of nitrogens with two attached hydrogens (primary N) is 1. The van der Waals surface area contributed by atoms with Crippen molar-refractivity contribution in [1.82, 2.24) is 9.80 Å². The number of likely N-dealkylation sites (tertiary alicyclic amines) is 2. The van der Waals surface area contributed by atoms with Gasteiger partial charge in [-0.2, -0.15) is 0 Å². The third-order valence-corrected chi connectivity index (χ3v) is 4.98. The van der Waals surface area contributed by atoms with Gasteiger partial charge >= 0.3 is 0 Å². The van der Waals surface area contributed by atoms with E-state index in [2.05, 4.69) is 10.1 Å². The van der Waals surface area contributed by atoms with Crippen LogP contribution in [0.25, 0.3) is 0 Å². The Hall–Kier alpha value is -1.34. The molecule has 2 saturated heterocycles. The predicted octanol–water partition coefficient (Wildman–Crippen LogP) is 0.399. The zero-order valence-corrected chi connectivity index (χ0v) is 13.8. The van der Waals surface area contributed by atoms with E-state index < -0.39 is 0 Å². The van der Waals surface area contributed by atoms with Gasteiger partial charge < -0.3 is 20.2 Å². The summed E-state index contributed by atoms with van der Waals surface area (Å²) in [7, 11) is 0. The minimum absolute atomic E-state index is 0.0224. The highest BCUT2D eigenvalue weighted by Gasteiger charge is 2.31. The Kier molecular flexibility index (Phi) is 5.72. The minimum Gasteiger partial charge on any atom is -0.470 e.